The second-order valence-electron chi connectivity index (χ2n) is 4.33. The normalized spacial score (nSPS) is 10.2. The van der Waals surface area contributed by atoms with Crippen molar-refractivity contribution in [3.63, 3.8) is 0 Å². The van der Waals surface area contributed by atoms with Crippen molar-refractivity contribution in [3.8, 4) is 0 Å². The number of rotatable bonds is 4. The Morgan fingerprint density at radius 1 is 1.33 bits per heavy atom. The Morgan fingerprint density at radius 3 is 2.71 bits per heavy atom. The van der Waals surface area contributed by atoms with Gasteiger partial charge in [0.1, 0.15) is 0 Å². The Kier molecular flexibility index (Phi) is 4.82. The van der Waals surface area contributed by atoms with Crippen molar-refractivity contribution < 1.29 is 14.7 Å². The van der Waals surface area contributed by atoms with E-state index in [0.717, 1.165) is 10.4 Å². The predicted octanol–water partition coefficient (Wildman–Crippen LogP) is 3.73. The molecule has 0 atom stereocenters. The molecule has 3 N–H and O–H groups in total. The minimum atomic E-state index is -1.08. The molecular weight excluding hydrogens is 312 g/mol. The molecule has 1 aromatic heterocycles. The fraction of sp³-hybridized carbons (Fsp3) is 0.143. The summed E-state index contributed by atoms with van der Waals surface area (Å²) in [5.41, 5.74) is 1.44. The zero-order chi connectivity index (χ0) is 15.4. The summed E-state index contributed by atoms with van der Waals surface area (Å²) in [7, 11) is 0. The maximum atomic E-state index is 11.8. The summed E-state index contributed by atoms with van der Waals surface area (Å²) in [5, 5.41) is 16.4. The summed E-state index contributed by atoms with van der Waals surface area (Å²) < 4.78 is 0. The molecule has 0 bridgehead atoms. The van der Waals surface area contributed by atoms with Crippen LogP contribution in [0.25, 0.3) is 0 Å². The van der Waals surface area contributed by atoms with Crippen molar-refractivity contribution >= 4 is 40.6 Å². The van der Waals surface area contributed by atoms with Crippen LogP contribution in [0.1, 0.15) is 20.8 Å². The molecule has 7 heteroatoms. The summed E-state index contributed by atoms with van der Waals surface area (Å²) >= 11 is 7.50. The lowest BCUT2D eigenvalue weighted by Crippen LogP contribution is -2.28. The zero-order valence-corrected chi connectivity index (χ0v) is 12.7. The third-order valence-corrected chi connectivity index (χ3v) is 4.19. The molecule has 0 fully saturated rings. The molecule has 0 aliphatic rings. The molecule has 0 aliphatic carbocycles. The van der Waals surface area contributed by atoms with E-state index in [2.05, 4.69) is 10.6 Å². The Morgan fingerprint density at radius 2 is 2.10 bits per heavy atom. The largest absolute Gasteiger partial charge is 0.478 e. The first-order chi connectivity index (χ1) is 9.97. The van der Waals surface area contributed by atoms with Crippen LogP contribution in [0.5, 0.6) is 0 Å². The summed E-state index contributed by atoms with van der Waals surface area (Å²) in [4.78, 5) is 23.8. The summed E-state index contributed by atoms with van der Waals surface area (Å²) in [5.74, 6) is -1.08. The molecule has 5 nitrogen and oxygen atoms in total. The molecule has 1 heterocycles. The van der Waals surface area contributed by atoms with Gasteiger partial charge in [-0.1, -0.05) is 11.6 Å². The highest BCUT2D eigenvalue weighted by Crippen LogP contribution is 2.23. The van der Waals surface area contributed by atoms with Crippen molar-refractivity contribution in [1.29, 1.82) is 0 Å². The summed E-state index contributed by atoms with van der Waals surface area (Å²) in [6.45, 7) is 2.38. The van der Waals surface area contributed by atoms with Crippen LogP contribution >= 0.6 is 22.9 Å². The number of benzene rings is 1. The standard InChI is InChI=1S/C14H13ClN2O3S/c1-8-4-5-21-12(8)7-16-14(20)17-11-6-9(13(18)19)2-3-10(11)15/h2-6H,7H2,1H3,(H,18,19)(H2,16,17,20). The van der Waals surface area contributed by atoms with Crippen molar-refractivity contribution in [2.75, 3.05) is 5.32 Å². The van der Waals surface area contributed by atoms with Gasteiger partial charge in [0.15, 0.2) is 0 Å². The molecular formula is C14H13ClN2O3S. The van der Waals surface area contributed by atoms with Crippen molar-refractivity contribution in [1.82, 2.24) is 5.32 Å². The molecule has 0 unspecified atom stereocenters. The van der Waals surface area contributed by atoms with Gasteiger partial charge in [0, 0.05) is 4.88 Å². The van der Waals surface area contributed by atoms with Crippen molar-refractivity contribution in [2.45, 2.75) is 13.5 Å². The van der Waals surface area contributed by atoms with E-state index in [0.29, 0.717) is 6.54 Å². The number of thiophene rings is 1. The van der Waals surface area contributed by atoms with E-state index >= 15 is 0 Å². The second kappa shape index (κ2) is 6.60. The number of halogens is 1. The van der Waals surface area contributed by atoms with Crippen LogP contribution in [-0.2, 0) is 6.54 Å². The number of carboxylic acids is 1. The third kappa shape index (κ3) is 3.96. The Hall–Kier alpha value is -2.05. The molecule has 1 aromatic carbocycles. The average molecular weight is 325 g/mol. The van der Waals surface area contributed by atoms with E-state index in [-0.39, 0.29) is 16.3 Å². The van der Waals surface area contributed by atoms with E-state index in [9.17, 15) is 9.59 Å². The first-order valence-electron chi connectivity index (χ1n) is 6.08. The molecule has 0 saturated heterocycles. The molecule has 0 saturated carbocycles. The third-order valence-electron chi connectivity index (χ3n) is 2.84. The number of carbonyl (C=O) groups is 2. The smallest absolute Gasteiger partial charge is 0.335 e. The first-order valence-corrected chi connectivity index (χ1v) is 7.34. The van der Waals surface area contributed by atoms with Gasteiger partial charge >= 0.3 is 12.0 Å². The lowest BCUT2D eigenvalue weighted by molar-refractivity contribution is 0.0697. The van der Waals surface area contributed by atoms with Gasteiger partial charge in [0.25, 0.3) is 0 Å². The highest BCUT2D eigenvalue weighted by molar-refractivity contribution is 7.10. The minimum absolute atomic E-state index is 0.0591. The molecule has 2 aromatic rings. The second-order valence-corrected chi connectivity index (χ2v) is 5.74. The van der Waals surface area contributed by atoms with Gasteiger partial charge in [0.2, 0.25) is 0 Å². The number of carbonyl (C=O) groups excluding carboxylic acids is 1. The molecule has 2 rings (SSSR count). The molecule has 0 radical (unpaired) electrons. The highest BCUT2D eigenvalue weighted by Gasteiger charge is 2.10. The fourth-order valence-electron chi connectivity index (χ4n) is 1.67. The highest BCUT2D eigenvalue weighted by atomic mass is 35.5. The van der Waals surface area contributed by atoms with Crippen LogP contribution in [0.4, 0.5) is 10.5 Å². The summed E-state index contributed by atoms with van der Waals surface area (Å²) in [6.07, 6.45) is 0. The van der Waals surface area contributed by atoms with Gasteiger partial charge in [0.05, 0.1) is 22.8 Å². The van der Waals surface area contributed by atoms with Gasteiger partial charge in [-0.05, 0) is 42.1 Å². The van der Waals surface area contributed by atoms with E-state index in [1.807, 2.05) is 18.4 Å². The average Bonchev–Trinajstić information content (AvgIpc) is 2.84. The van der Waals surface area contributed by atoms with Crippen LogP contribution in [0, 0.1) is 6.92 Å². The van der Waals surface area contributed by atoms with Crippen LogP contribution in [0.3, 0.4) is 0 Å². The topological polar surface area (TPSA) is 78.4 Å². The van der Waals surface area contributed by atoms with Crippen LogP contribution < -0.4 is 10.6 Å². The molecule has 110 valence electrons. The molecule has 21 heavy (non-hydrogen) atoms. The monoisotopic (exact) mass is 324 g/mol. The maximum absolute atomic E-state index is 11.8. The molecule has 0 spiro atoms. The number of urea groups is 1. The van der Waals surface area contributed by atoms with Gasteiger partial charge in [-0.15, -0.1) is 11.3 Å². The quantitative estimate of drug-likeness (QED) is 0.801. The maximum Gasteiger partial charge on any atom is 0.335 e. The number of hydrogen-bond acceptors (Lipinski definition) is 3. The van der Waals surface area contributed by atoms with Crippen molar-refractivity contribution in [2.24, 2.45) is 0 Å². The number of hydrogen-bond donors (Lipinski definition) is 3. The van der Waals surface area contributed by atoms with Gasteiger partial charge < -0.3 is 15.7 Å². The zero-order valence-electron chi connectivity index (χ0n) is 11.1. The van der Waals surface area contributed by atoms with E-state index in [1.54, 1.807) is 11.3 Å². The SMILES string of the molecule is Cc1ccsc1CNC(=O)Nc1cc(C(=O)O)ccc1Cl. The van der Waals surface area contributed by atoms with Gasteiger partial charge in [-0.2, -0.15) is 0 Å². The summed E-state index contributed by atoms with van der Waals surface area (Å²) in [6, 6.07) is 5.67. The lowest BCUT2D eigenvalue weighted by Gasteiger charge is -2.09. The van der Waals surface area contributed by atoms with E-state index < -0.39 is 12.0 Å². The van der Waals surface area contributed by atoms with Crippen LogP contribution in [-0.4, -0.2) is 17.1 Å². The number of carboxylic acid groups (broad SMARTS) is 1. The fourth-order valence-corrected chi connectivity index (χ4v) is 2.68. The van der Waals surface area contributed by atoms with E-state index in [1.165, 1.54) is 18.2 Å². The number of nitrogens with one attached hydrogen (secondary N) is 2. The Bertz CT molecular complexity index is 685. The number of amides is 2. The van der Waals surface area contributed by atoms with Crippen molar-refractivity contribution in [3.05, 3.63) is 50.7 Å². The predicted molar refractivity (Wildman–Crippen MR) is 83.3 cm³/mol. The van der Waals surface area contributed by atoms with Crippen LogP contribution in [0.15, 0.2) is 29.6 Å². The lowest BCUT2D eigenvalue weighted by atomic mass is 10.2. The molecule has 0 aliphatic heterocycles. The number of anilines is 1. The van der Waals surface area contributed by atoms with E-state index in [4.69, 9.17) is 16.7 Å². The molecule has 2 amide bonds. The minimum Gasteiger partial charge on any atom is -0.478 e. The van der Waals surface area contributed by atoms with Gasteiger partial charge in [-0.3, -0.25) is 0 Å². The Balaban J connectivity index is 2.01. The number of aryl methyl sites for hydroxylation is 1. The van der Waals surface area contributed by atoms with Gasteiger partial charge in [-0.25, -0.2) is 9.59 Å². The first kappa shape index (κ1) is 15.3. The number of aromatic carboxylic acids is 1. The van der Waals surface area contributed by atoms with Crippen LogP contribution in [0.2, 0.25) is 5.02 Å². The Labute approximate surface area is 130 Å².